The number of nitrogens with one attached hydrogen (secondary N) is 4. The molecule has 6 heterocycles. The summed E-state index contributed by atoms with van der Waals surface area (Å²) in [7, 11) is 0. The number of benzene rings is 2. The first kappa shape index (κ1) is 44.0. The van der Waals surface area contributed by atoms with Crippen LogP contribution in [0.4, 0.5) is 10.3 Å². The van der Waals surface area contributed by atoms with Gasteiger partial charge in [0.05, 0.1) is 60.2 Å². The average molecular weight is 866 g/mol. The Morgan fingerprint density at radius 3 is 1.75 bits per heavy atom. The molecule has 5 N–H and O–H groups in total. The number of ether oxygens (including phenoxy) is 3. The van der Waals surface area contributed by atoms with E-state index in [-0.39, 0.29) is 16.6 Å². The number of phenols is 1. The van der Waals surface area contributed by atoms with Gasteiger partial charge in [0, 0.05) is 103 Å². The molecular weight excluding hydrogens is 812 g/mol. The van der Waals surface area contributed by atoms with Crippen LogP contribution in [0.5, 0.6) is 11.5 Å². The highest BCUT2D eigenvalue weighted by Gasteiger charge is 2.13. The van der Waals surface area contributed by atoms with E-state index in [4.69, 9.17) is 25.8 Å². The van der Waals surface area contributed by atoms with Gasteiger partial charge in [0.1, 0.15) is 18.1 Å². The first-order valence-corrected chi connectivity index (χ1v) is 22.1. The van der Waals surface area contributed by atoms with E-state index in [0.29, 0.717) is 52.1 Å². The van der Waals surface area contributed by atoms with Gasteiger partial charge in [-0.3, -0.25) is 19.4 Å². The number of anilines is 2. The van der Waals surface area contributed by atoms with E-state index in [1.165, 1.54) is 34.8 Å². The number of alkyl halides is 1. The van der Waals surface area contributed by atoms with Crippen molar-refractivity contribution in [1.29, 1.82) is 0 Å². The van der Waals surface area contributed by atoms with Gasteiger partial charge in [0.15, 0.2) is 21.1 Å². The lowest BCUT2D eigenvalue weighted by Gasteiger charge is -2.26. The maximum atomic E-state index is 12.6. The van der Waals surface area contributed by atoms with E-state index in [0.717, 1.165) is 98.8 Å². The number of phenolic OH excluding ortho intramolecular Hbond substituents is 1. The summed E-state index contributed by atoms with van der Waals surface area (Å²) in [6.07, 6.45) is 0. The number of halogens is 1. The Kier molecular flexibility index (Phi) is 16.1. The van der Waals surface area contributed by atoms with Gasteiger partial charge in [-0.2, -0.15) is 0 Å². The lowest BCUT2D eigenvalue weighted by atomic mass is 10.1. The minimum atomic E-state index is -0.0925. The third kappa shape index (κ3) is 13.0. The average Bonchev–Trinajstić information content (AvgIpc) is 3.88. The van der Waals surface area contributed by atoms with Crippen molar-refractivity contribution in [3.63, 3.8) is 0 Å². The summed E-state index contributed by atoms with van der Waals surface area (Å²) >= 11 is 8.58. The van der Waals surface area contributed by atoms with E-state index < -0.39 is 0 Å². The predicted octanol–water partition coefficient (Wildman–Crippen LogP) is 6.92. The van der Waals surface area contributed by atoms with Gasteiger partial charge < -0.3 is 39.9 Å². The normalized spacial score (nSPS) is 14.8. The molecule has 0 amide bonds. The Labute approximate surface area is 356 Å². The molecule has 0 radical (unpaired) electrons. The van der Waals surface area contributed by atoms with Crippen LogP contribution in [-0.4, -0.2) is 125 Å². The van der Waals surface area contributed by atoms with Crippen molar-refractivity contribution in [2.75, 3.05) is 88.8 Å². The van der Waals surface area contributed by atoms with Crippen LogP contribution in [0.15, 0.2) is 68.9 Å². The molecule has 0 aliphatic carbocycles. The third-order valence-corrected chi connectivity index (χ3v) is 11.0. The largest absolute Gasteiger partial charge is 0.508 e. The smallest absolute Gasteiger partial charge is 0.190 e. The van der Waals surface area contributed by atoms with E-state index >= 15 is 0 Å². The van der Waals surface area contributed by atoms with Crippen molar-refractivity contribution in [3.05, 3.63) is 79.7 Å². The number of aromatic amines is 2. The molecule has 0 atom stereocenters. The summed E-state index contributed by atoms with van der Waals surface area (Å²) in [4.78, 5) is 44.9. The summed E-state index contributed by atoms with van der Waals surface area (Å²) in [5.74, 6) is 1.61. The number of hydrogen-bond acceptors (Lipinski definition) is 14. The van der Waals surface area contributed by atoms with Crippen molar-refractivity contribution in [2.24, 2.45) is 0 Å². The zero-order valence-electron chi connectivity index (χ0n) is 33.9. The van der Waals surface area contributed by atoms with Gasteiger partial charge in [0.2, 0.25) is 0 Å². The van der Waals surface area contributed by atoms with Crippen LogP contribution >= 0.6 is 34.3 Å². The molecule has 316 valence electrons. The maximum Gasteiger partial charge on any atom is 0.190 e. The lowest BCUT2D eigenvalue weighted by molar-refractivity contribution is 0.0322. The Hall–Kier alpha value is -4.55. The van der Waals surface area contributed by atoms with Gasteiger partial charge in [-0.1, -0.05) is 0 Å². The minimum absolute atomic E-state index is 0.0278. The zero-order chi connectivity index (χ0) is 41.7. The second kappa shape index (κ2) is 21.6. The predicted molar refractivity (Wildman–Crippen MR) is 241 cm³/mol. The number of morpholine rings is 2. The van der Waals surface area contributed by atoms with Crippen LogP contribution in [0.1, 0.15) is 27.7 Å². The summed E-state index contributed by atoms with van der Waals surface area (Å²) in [5.41, 5.74) is 4.06. The molecule has 14 nitrogen and oxygen atoms in total. The highest BCUT2D eigenvalue weighted by molar-refractivity contribution is 7.14. The topological polar surface area (TPSA) is 170 Å². The Morgan fingerprint density at radius 1 is 0.746 bits per heavy atom. The molecule has 0 spiro atoms. The molecule has 2 aliphatic rings. The molecule has 17 heteroatoms. The quantitative estimate of drug-likeness (QED) is 0.0807. The number of hydrogen-bond donors (Lipinski definition) is 5. The Morgan fingerprint density at radius 2 is 1.24 bits per heavy atom. The van der Waals surface area contributed by atoms with Gasteiger partial charge in [0.25, 0.3) is 0 Å². The maximum absolute atomic E-state index is 12.6. The van der Waals surface area contributed by atoms with Crippen molar-refractivity contribution in [1.82, 2.24) is 29.7 Å². The Balaban J connectivity index is 0.000000169. The number of rotatable bonds is 12. The zero-order valence-corrected chi connectivity index (χ0v) is 36.3. The molecule has 0 saturated carbocycles. The molecule has 8 rings (SSSR count). The molecule has 0 unspecified atom stereocenters. The summed E-state index contributed by atoms with van der Waals surface area (Å²) < 4.78 is 16.5. The van der Waals surface area contributed by atoms with Crippen molar-refractivity contribution in [3.8, 4) is 34.3 Å². The molecule has 2 aliphatic heterocycles. The number of fused-ring (bicyclic) bond motifs is 2. The summed E-state index contributed by atoms with van der Waals surface area (Å²) in [6, 6.07) is 14.0. The minimum Gasteiger partial charge on any atom is -0.508 e. The molecule has 59 heavy (non-hydrogen) atoms. The number of thiazole rings is 2. The van der Waals surface area contributed by atoms with Crippen molar-refractivity contribution in [2.45, 2.75) is 39.8 Å². The fourth-order valence-electron chi connectivity index (χ4n) is 6.32. The van der Waals surface area contributed by atoms with E-state index in [2.05, 4.69) is 54.2 Å². The van der Waals surface area contributed by atoms with Crippen LogP contribution < -0.4 is 26.2 Å². The van der Waals surface area contributed by atoms with Gasteiger partial charge >= 0.3 is 0 Å². The molecule has 6 aromatic rings. The standard InChI is InChI=1S/C21H26N4O3S.C15H15N3O2S.C6H12ClNO/c1-14(2)22-21-24-19(13-29-21)18-12-20(26)16-4-3-15(11-17(16)23-18)28-10-7-25-5-8-27-9-6-25;1-8(2)16-15-18-13(7-21-15)12-6-14(20)10-4-3-9(19)5-11(10)17-12;7-1-2-8-3-5-9-6-4-8/h3-4,11-14H,5-10H2,1-2H3,(H,22,24)(H,23,26);3-8,19H,1-2H3,(H,16,18)(H,17,20);1-6H2. The summed E-state index contributed by atoms with van der Waals surface area (Å²) in [6.45, 7) is 18.0. The molecular formula is C42H53ClN8O6S2. The molecule has 2 saturated heterocycles. The van der Waals surface area contributed by atoms with E-state index in [1.54, 1.807) is 18.2 Å². The van der Waals surface area contributed by atoms with Crippen molar-refractivity contribution >= 4 is 66.3 Å². The fraction of sp³-hybridized carbons (Fsp3) is 0.429. The number of nitrogens with zero attached hydrogens (tertiary/aromatic N) is 4. The molecule has 2 fully saturated rings. The van der Waals surface area contributed by atoms with Crippen LogP contribution in [0, 0.1) is 0 Å². The number of aromatic hydroxyl groups is 1. The highest BCUT2D eigenvalue weighted by atomic mass is 35.5. The molecule has 0 bridgehead atoms. The second-order valence-corrected chi connectivity index (χ2v) is 16.7. The lowest BCUT2D eigenvalue weighted by Crippen LogP contribution is -2.38. The highest BCUT2D eigenvalue weighted by Crippen LogP contribution is 2.27. The third-order valence-electron chi connectivity index (χ3n) is 9.28. The van der Waals surface area contributed by atoms with E-state index in [9.17, 15) is 14.7 Å². The first-order chi connectivity index (χ1) is 28.5. The SMILES string of the molecule is CC(C)Nc1nc(-c2cc(=O)c3ccc(O)cc3[nH]2)cs1.CC(C)Nc1nc(-c2cc(=O)c3ccc(OCCN4CCOCC4)cc3[nH]2)cs1.ClCCN1CCOCC1. The monoisotopic (exact) mass is 864 g/mol. The van der Waals surface area contributed by atoms with Crippen LogP contribution in [-0.2, 0) is 9.47 Å². The van der Waals surface area contributed by atoms with Crippen LogP contribution in [0.2, 0.25) is 0 Å². The van der Waals surface area contributed by atoms with Crippen molar-refractivity contribution < 1.29 is 19.3 Å². The first-order valence-electron chi connectivity index (χ1n) is 19.8. The van der Waals surface area contributed by atoms with Crippen LogP contribution in [0.3, 0.4) is 0 Å². The fourth-order valence-corrected chi connectivity index (χ4v) is 8.28. The number of H-pyrrole nitrogens is 2. The molecule has 4 aromatic heterocycles. The van der Waals surface area contributed by atoms with Gasteiger partial charge in [-0.05, 0) is 52.0 Å². The van der Waals surface area contributed by atoms with Crippen LogP contribution in [0.25, 0.3) is 44.6 Å². The second-order valence-electron chi connectivity index (χ2n) is 14.7. The number of pyridine rings is 2. The van der Waals surface area contributed by atoms with Gasteiger partial charge in [-0.15, -0.1) is 34.3 Å². The molecule has 2 aromatic carbocycles. The number of aromatic nitrogens is 4. The van der Waals surface area contributed by atoms with Gasteiger partial charge in [-0.25, -0.2) is 9.97 Å². The summed E-state index contributed by atoms with van der Waals surface area (Å²) in [5, 5.41) is 22.8. The Bertz CT molecular complexity index is 2370. The van der Waals surface area contributed by atoms with E-state index in [1.807, 2.05) is 42.8 Å².